The molecule has 19 heavy (non-hydrogen) atoms. The van der Waals surface area contributed by atoms with E-state index in [0.717, 1.165) is 18.4 Å². The molecule has 0 amide bonds. The molecular formula is C15H24N4. The minimum atomic E-state index is 0.799. The average molecular weight is 260 g/mol. The van der Waals surface area contributed by atoms with Crippen molar-refractivity contribution in [1.29, 1.82) is 0 Å². The first-order chi connectivity index (χ1) is 9.35. The molecule has 0 bridgehead atoms. The number of aromatic nitrogens is 1. The highest BCUT2D eigenvalue weighted by Gasteiger charge is 2.28. The van der Waals surface area contributed by atoms with Crippen molar-refractivity contribution in [3.8, 4) is 0 Å². The molecule has 0 aliphatic carbocycles. The summed E-state index contributed by atoms with van der Waals surface area (Å²) in [4.78, 5) is 9.56. The molecule has 1 atom stereocenters. The molecule has 2 aliphatic rings. The van der Waals surface area contributed by atoms with Crippen LogP contribution in [0.15, 0.2) is 18.3 Å². The summed E-state index contributed by atoms with van der Waals surface area (Å²) < 4.78 is 0. The average Bonchev–Trinajstić information content (AvgIpc) is 2.47. The van der Waals surface area contributed by atoms with E-state index in [9.17, 15) is 0 Å². The highest BCUT2D eigenvalue weighted by atomic mass is 15.3. The quantitative estimate of drug-likeness (QED) is 0.898. The van der Waals surface area contributed by atoms with Gasteiger partial charge in [-0.3, -0.25) is 9.80 Å². The van der Waals surface area contributed by atoms with E-state index in [1.807, 2.05) is 13.2 Å². The zero-order valence-corrected chi connectivity index (χ0v) is 11.8. The summed E-state index contributed by atoms with van der Waals surface area (Å²) in [5.41, 5.74) is 1.36. The number of rotatable bonds is 3. The molecule has 2 saturated heterocycles. The second-order valence-corrected chi connectivity index (χ2v) is 5.72. The fourth-order valence-electron chi connectivity index (χ4n) is 3.33. The van der Waals surface area contributed by atoms with Crippen LogP contribution in [0.1, 0.15) is 24.8 Å². The third-order valence-electron chi connectivity index (χ3n) is 4.41. The summed E-state index contributed by atoms with van der Waals surface area (Å²) >= 11 is 0. The molecule has 4 nitrogen and oxygen atoms in total. The van der Waals surface area contributed by atoms with Crippen molar-refractivity contribution < 1.29 is 0 Å². The second-order valence-electron chi connectivity index (χ2n) is 5.72. The van der Waals surface area contributed by atoms with Crippen molar-refractivity contribution in [2.24, 2.45) is 0 Å². The van der Waals surface area contributed by atoms with Gasteiger partial charge in [-0.25, -0.2) is 4.98 Å². The Morgan fingerprint density at radius 2 is 2.26 bits per heavy atom. The van der Waals surface area contributed by atoms with Crippen molar-refractivity contribution in [3.63, 3.8) is 0 Å². The Morgan fingerprint density at radius 1 is 1.32 bits per heavy atom. The van der Waals surface area contributed by atoms with Crippen LogP contribution in [0.2, 0.25) is 0 Å². The Kier molecular flexibility index (Phi) is 3.99. The predicted molar refractivity (Wildman–Crippen MR) is 78.3 cm³/mol. The zero-order valence-electron chi connectivity index (χ0n) is 11.8. The van der Waals surface area contributed by atoms with Crippen molar-refractivity contribution in [2.45, 2.75) is 31.8 Å². The van der Waals surface area contributed by atoms with Crippen molar-refractivity contribution >= 4 is 5.82 Å². The fourth-order valence-corrected chi connectivity index (χ4v) is 3.33. The maximum atomic E-state index is 4.28. The first kappa shape index (κ1) is 12.9. The molecule has 1 N–H and O–H groups in total. The van der Waals surface area contributed by atoms with Gasteiger partial charge in [0.1, 0.15) is 5.82 Å². The van der Waals surface area contributed by atoms with Crippen molar-refractivity contribution in [1.82, 2.24) is 14.8 Å². The third-order valence-corrected chi connectivity index (χ3v) is 4.41. The van der Waals surface area contributed by atoms with Crippen LogP contribution in [0.4, 0.5) is 5.82 Å². The van der Waals surface area contributed by atoms with Gasteiger partial charge in [0, 0.05) is 45.5 Å². The maximum Gasteiger partial charge on any atom is 0.125 e. The topological polar surface area (TPSA) is 31.4 Å². The molecule has 2 fully saturated rings. The van der Waals surface area contributed by atoms with Gasteiger partial charge >= 0.3 is 0 Å². The summed E-state index contributed by atoms with van der Waals surface area (Å²) in [7, 11) is 1.92. The van der Waals surface area contributed by atoms with Crippen LogP contribution in [0.5, 0.6) is 0 Å². The monoisotopic (exact) mass is 260 g/mol. The summed E-state index contributed by atoms with van der Waals surface area (Å²) in [6, 6.07) is 5.09. The number of hydrogen-bond acceptors (Lipinski definition) is 4. The highest BCUT2D eigenvalue weighted by Crippen LogP contribution is 2.22. The molecular weight excluding hydrogens is 236 g/mol. The van der Waals surface area contributed by atoms with Crippen molar-refractivity contribution in [2.75, 3.05) is 38.5 Å². The van der Waals surface area contributed by atoms with Gasteiger partial charge in [0.25, 0.3) is 0 Å². The number of hydrogen-bond donors (Lipinski definition) is 1. The lowest BCUT2D eigenvalue weighted by Gasteiger charge is -2.44. The minimum Gasteiger partial charge on any atom is -0.373 e. The lowest BCUT2D eigenvalue weighted by atomic mass is 9.99. The molecule has 0 saturated carbocycles. The van der Waals surface area contributed by atoms with Gasteiger partial charge in [-0.15, -0.1) is 0 Å². The normalized spacial score (nSPS) is 25.0. The van der Waals surface area contributed by atoms with Crippen LogP contribution in [0.25, 0.3) is 0 Å². The first-order valence-corrected chi connectivity index (χ1v) is 7.44. The molecule has 1 aromatic heterocycles. The molecule has 1 aromatic rings. The number of pyridine rings is 1. The zero-order chi connectivity index (χ0) is 13.1. The fraction of sp³-hybridized carbons (Fsp3) is 0.667. The number of fused-ring (bicyclic) bond motifs is 1. The standard InChI is InChI=1S/C15H24N4/c1-16-15-10-13(5-6-17-15)11-18-8-9-19-7-3-2-4-14(19)12-18/h5-6,10,14H,2-4,7-9,11-12H2,1H3,(H,16,17). The predicted octanol–water partition coefficient (Wildman–Crippen LogP) is 1.79. The smallest absolute Gasteiger partial charge is 0.125 e. The van der Waals surface area contributed by atoms with Gasteiger partial charge in [-0.1, -0.05) is 6.42 Å². The maximum absolute atomic E-state index is 4.28. The van der Waals surface area contributed by atoms with E-state index < -0.39 is 0 Å². The van der Waals surface area contributed by atoms with E-state index in [1.54, 1.807) is 0 Å². The van der Waals surface area contributed by atoms with E-state index in [0.29, 0.717) is 0 Å². The Hall–Kier alpha value is -1.13. The van der Waals surface area contributed by atoms with E-state index in [-0.39, 0.29) is 0 Å². The Morgan fingerprint density at radius 3 is 3.16 bits per heavy atom. The molecule has 3 heterocycles. The lowest BCUT2D eigenvalue weighted by molar-refractivity contribution is 0.0457. The van der Waals surface area contributed by atoms with Crippen LogP contribution in [-0.2, 0) is 6.54 Å². The van der Waals surface area contributed by atoms with Crippen LogP contribution in [-0.4, -0.2) is 54.1 Å². The van der Waals surface area contributed by atoms with Gasteiger partial charge in [0.05, 0.1) is 0 Å². The molecule has 4 heteroatoms. The van der Waals surface area contributed by atoms with Crippen molar-refractivity contribution in [3.05, 3.63) is 23.9 Å². The number of nitrogens with zero attached hydrogens (tertiary/aromatic N) is 3. The second kappa shape index (κ2) is 5.88. The van der Waals surface area contributed by atoms with Crippen LogP contribution in [0.3, 0.4) is 0 Å². The van der Waals surface area contributed by atoms with Gasteiger partial charge in [-0.2, -0.15) is 0 Å². The van der Waals surface area contributed by atoms with Gasteiger partial charge in [-0.05, 0) is 37.1 Å². The van der Waals surface area contributed by atoms with E-state index in [4.69, 9.17) is 0 Å². The van der Waals surface area contributed by atoms with Crippen LogP contribution in [0, 0.1) is 0 Å². The van der Waals surface area contributed by atoms with Crippen LogP contribution >= 0.6 is 0 Å². The highest BCUT2D eigenvalue weighted by molar-refractivity contribution is 5.36. The van der Waals surface area contributed by atoms with Gasteiger partial charge in [0.2, 0.25) is 0 Å². The van der Waals surface area contributed by atoms with E-state index in [2.05, 4.69) is 32.2 Å². The Labute approximate surface area is 115 Å². The Bertz CT molecular complexity index is 420. The van der Waals surface area contributed by atoms with E-state index in [1.165, 1.54) is 51.0 Å². The number of piperidine rings is 1. The SMILES string of the molecule is CNc1cc(CN2CCN3CCCCC3C2)ccn1. The number of piperazine rings is 1. The third kappa shape index (κ3) is 3.07. The van der Waals surface area contributed by atoms with E-state index >= 15 is 0 Å². The molecule has 104 valence electrons. The minimum absolute atomic E-state index is 0.799. The summed E-state index contributed by atoms with van der Waals surface area (Å²) in [5.74, 6) is 0.966. The molecule has 3 rings (SSSR count). The summed E-state index contributed by atoms with van der Waals surface area (Å²) in [6.07, 6.45) is 6.09. The Balaban J connectivity index is 1.60. The molecule has 0 radical (unpaired) electrons. The number of nitrogens with one attached hydrogen (secondary N) is 1. The molecule has 0 aromatic carbocycles. The molecule has 1 unspecified atom stereocenters. The van der Waals surface area contributed by atoms with Gasteiger partial charge in [0.15, 0.2) is 0 Å². The van der Waals surface area contributed by atoms with Crippen LogP contribution < -0.4 is 5.32 Å². The molecule has 2 aliphatic heterocycles. The van der Waals surface area contributed by atoms with Gasteiger partial charge < -0.3 is 5.32 Å². The largest absolute Gasteiger partial charge is 0.373 e. The number of anilines is 1. The molecule has 0 spiro atoms. The lowest BCUT2D eigenvalue weighted by Crippen LogP contribution is -2.54. The summed E-state index contributed by atoms with van der Waals surface area (Å²) in [6.45, 7) is 6.05. The first-order valence-electron chi connectivity index (χ1n) is 7.44. The summed E-state index contributed by atoms with van der Waals surface area (Å²) in [5, 5.41) is 3.11.